The van der Waals surface area contributed by atoms with Crippen LogP contribution in [0.4, 0.5) is 5.82 Å². The SMILES string of the molecule is O=C(CN1CCC2CNCC2C1)Nc1ccc(Br)cn1. The lowest BCUT2D eigenvalue weighted by Gasteiger charge is -2.33. The fourth-order valence-corrected chi connectivity index (χ4v) is 3.32. The van der Waals surface area contributed by atoms with Crippen molar-refractivity contribution in [1.29, 1.82) is 0 Å². The Morgan fingerprint density at radius 2 is 2.30 bits per heavy atom. The van der Waals surface area contributed by atoms with Crippen LogP contribution >= 0.6 is 15.9 Å². The van der Waals surface area contributed by atoms with Crippen molar-refractivity contribution in [3.63, 3.8) is 0 Å². The average molecular weight is 339 g/mol. The van der Waals surface area contributed by atoms with Crippen LogP contribution in [0.2, 0.25) is 0 Å². The summed E-state index contributed by atoms with van der Waals surface area (Å²) >= 11 is 3.33. The molecule has 0 radical (unpaired) electrons. The Labute approximate surface area is 127 Å². The predicted molar refractivity (Wildman–Crippen MR) is 81.5 cm³/mol. The second-order valence-electron chi connectivity index (χ2n) is 5.61. The lowest BCUT2D eigenvalue weighted by Crippen LogP contribution is -2.43. The number of fused-ring (bicyclic) bond motifs is 1. The van der Waals surface area contributed by atoms with Crippen molar-refractivity contribution in [2.75, 3.05) is 38.0 Å². The normalized spacial score (nSPS) is 26.2. The van der Waals surface area contributed by atoms with Crippen molar-refractivity contribution in [1.82, 2.24) is 15.2 Å². The Bertz CT molecular complexity index is 479. The van der Waals surface area contributed by atoms with E-state index in [0.717, 1.165) is 36.6 Å². The Balaban J connectivity index is 1.50. The van der Waals surface area contributed by atoms with Gasteiger partial charge < -0.3 is 10.6 Å². The summed E-state index contributed by atoms with van der Waals surface area (Å²) in [5.41, 5.74) is 0. The van der Waals surface area contributed by atoms with Crippen LogP contribution in [0.1, 0.15) is 6.42 Å². The summed E-state index contributed by atoms with van der Waals surface area (Å²) in [7, 11) is 0. The van der Waals surface area contributed by atoms with E-state index in [0.29, 0.717) is 18.3 Å². The van der Waals surface area contributed by atoms with Gasteiger partial charge in [-0.15, -0.1) is 0 Å². The number of anilines is 1. The summed E-state index contributed by atoms with van der Waals surface area (Å²) < 4.78 is 0.909. The molecule has 2 atom stereocenters. The Morgan fingerprint density at radius 1 is 1.45 bits per heavy atom. The fraction of sp³-hybridized carbons (Fsp3) is 0.571. The van der Waals surface area contributed by atoms with Gasteiger partial charge in [0.05, 0.1) is 6.54 Å². The average Bonchev–Trinajstić information content (AvgIpc) is 2.89. The number of hydrogen-bond donors (Lipinski definition) is 2. The number of piperidine rings is 1. The molecule has 0 bridgehead atoms. The minimum Gasteiger partial charge on any atom is -0.316 e. The molecule has 2 N–H and O–H groups in total. The molecule has 0 saturated carbocycles. The van der Waals surface area contributed by atoms with Crippen molar-refractivity contribution < 1.29 is 4.79 Å². The minimum atomic E-state index is 0.0178. The van der Waals surface area contributed by atoms with Gasteiger partial charge in [0.25, 0.3) is 0 Å². The molecular formula is C14H19BrN4O. The van der Waals surface area contributed by atoms with E-state index in [1.165, 1.54) is 6.42 Å². The first-order chi connectivity index (χ1) is 9.70. The molecule has 2 aliphatic rings. The first kappa shape index (κ1) is 14.0. The van der Waals surface area contributed by atoms with Gasteiger partial charge in [-0.25, -0.2) is 4.98 Å². The monoisotopic (exact) mass is 338 g/mol. The van der Waals surface area contributed by atoms with E-state index in [-0.39, 0.29) is 5.91 Å². The third-order valence-corrected chi connectivity index (χ3v) is 4.62. The molecule has 1 amide bonds. The number of hydrogen-bond acceptors (Lipinski definition) is 4. The smallest absolute Gasteiger partial charge is 0.239 e. The quantitative estimate of drug-likeness (QED) is 0.872. The lowest BCUT2D eigenvalue weighted by molar-refractivity contribution is -0.117. The summed E-state index contributed by atoms with van der Waals surface area (Å²) in [6.07, 6.45) is 2.88. The molecule has 5 nitrogen and oxygen atoms in total. The summed E-state index contributed by atoms with van der Waals surface area (Å²) in [6.45, 7) is 4.74. The third-order valence-electron chi connectivity index (χ3n) is 4.15. The summed E-state index contributed by atoms with van der Waals surface area (Å²) in [5.74, 6) is 2.14. The maximum Gasteiger partial charge on any atom is 0.239 e. The van der Waals surface area contributed by atoms with E-state index in [1.807, 2.05) is 6.07 Å². The molecule has 0 spiro atoms. The molecule has 20 heavy (non-hydrogen) atoms. The molecule has 1 aromatic rings. The van der Waals surface area contributed by atoms with Crippen LogP contribution in [0.25, 0.3) is 0 Å². The van der Waals surface area contributed by atoms with Gasteiger partial charge in [-0.2, -0.15) is 0 Å². The van der Waals surface area contributed by atoms with E-state index in [9.17, 15) is 4.79 Å². The number of halogens is 1. The summed E-state index contributed by atoms with van der Waals surface area (Å²) in [4.78, 5) is 18.4. The molecule has 3 rings (SSSR count). The maximum absolute atomic E-state index is 12.0. The molecule has 1 aromatic heterocycles. The van der Waals surface area contributed by atoms with Gasteiger partial charge in [-0.05, 0) is 66.0 Å². The zero-order valence-electron chi connectivity index (χ0n) is 11.3. The van der Waals surface area contributed by atoms with Crippen molar-refractivity contribution in [2.24, 2.45) is 11.8 Å². The number of carbonyl (C=O) groups is 1. The van der Waals surface area contributed by atoms with Gasteiger partial charge in [-0.3, -0.25) is 9.69 Å². The van der Waals surface area contributed by atoms with Crippen molar-refractivity contribution >= 4 is 27.7 Å². The van der Waals surface area contributed by atoms with E-state index >= 15 is 0 Å². The molecule has 2 aliphatic heterocycles. The summed E-state index contributed by atoms with van der Waals surface area (Å²) in [5, 5.41) is 6.29. The van der Waals surface area contributed by atoms with Crippen molar-refractivity contribution in [3.05, 3.63) is 22.8 Å². The van der Waals surface area contributed by atoms with E-state index in [1.54, 1.807) is 12.3 Å². The molecular weight excluding hydrogens is 320 g/mol. The van der Waals surface area contributed by atoms with E-state index in [4.69, 9.17) is 0 Å². The first-order valence-corrected chi connectivity index (χ1v) is 7.84. The van der Waals surface area contributed by atoms with E-state index in [2.05, 4.69) is 36.4 Å². The lowest BCUT2D eigenvalue weighted by atomic mass is 9.89. The highest BCUT2D eigenvalue weighted by atomic mass is 79.9. The number of amides is 1. The molecule has 0 aliphatic carbocycles. The van der Waals surface area contributed by atoms with E-state index < -0.39 is 0 Å². The first-order valence-electron chi connectivity index (χ1n) is 7.05. The number of nitrogens with zero attached hydrogens (tertiary/aromatic N) is 2. The zero-order valence-corrected chi connectivity index (χ0v) is 12.9. The molecule has 2 unspecified atom stereocenters. The number of carbonyl (C=O) groups excluding carboxylic acids is 1. The van der Waals surface area contributed by atoms with Gasteiger partial charge in [0, 0.05) is 17.2 Å². The predicted octanol–water partition coefficient (Wildman–Crippen LogP) is 1.32. The number of aromatic nitrogens is 1. The molecule has 3 heterocycles. The maximum atomic E-state index is 12.0. The van der Waals surface area contributed by atoms with Gasteiger partial charge in [-0.1, -0.05) is 0 Å². The highest BCUT2D eigenvalue weighted by Crippen LogP contribution is 2.26. The topological polar surface area (TPSA) is 57.3 Å². The Kier molecular flexibility index (Phi) is 4.33. The Morgan fingerprint density at radius 3 is 3.10 bits per heavy atom. The van der Waals surface area contributed by atoms with Gasteiger partial charge in [0.1, 0.15) is 5.82 Å². The second-order valence-corrected chi connectivity index (χ2v) is 6.53. The summed E-state index contributed by atoms with van der Waals surface area (Å²) in [6, 6.07) is 3.67. The van der Waals surface area contributed by atoms with Crippen LogP contribution in [-0.2, 0) is 4.79 Å². The zero-order chi connectivity index (χ0) is 13.9. The van der Waals surface area contributed by atoms with Crippen LogP contribution in [0, 0.1) is 11.8 Å². The second kappa shape index (κ2) is 6.20. The standard InChI is InChI=1S/C14H19BrN4O/c15-12-1-2-13(17-7-12)18-14(20)9-19-4-3-10-5-16-6-11(10)8-19/h1-2,7,10-11,16H,3-6,8-9H2,(H,17,18,20). The highest BCUT2D eigenvalue weighted by molar-refractivity contribution is 9.10. The van der Waals surface area contributed by atoms with Crippen LogP contribution in [0.3, 0.4) is 0 Å². The highest BCUT2D eigenvalue weighted by Gasteiger charge is 2.33. The number of nitrogens with one attached hydrogen (secondary N) is 2. The van der Waals surface area contributed by atoms with Crippen LogP contribution in [0.5, 0.6) is 0 Å². The van der Waals surface area contributed by atoms with Gasteiger partial charge in [0.2, 0.25) is 5.91 Å². The number of rotatable bonds is 3. The minimum absolute atomic E-state index is 0.0178. The van der Waals surface area contributed by atoms with Crippen molar-refractivity contribution in [2.45, 2.75) is 6.42 Å². The largest absolute Gasteiger partial charge is 0.316 e. The fourth-order valence-electron chi connectivity index (χ4n) is 3.09. The number of pyridine rings is 1. The number of likely N-dealkylation sites (tertiary alicyclic amines) is 1. The van der Waals surface area contributed by atoms with Crippen molar-refractivity contribution in [3.8, 4) is 0 Å². The third kappa shape index (κ3) is 3.37. The van der Waals surface area contributed by atoms with Crippen LogP contribution < -0.4 is 10.6 Å². The molecule has 108 valence electrons. The van der Waals surface area contributed by atoms with Gasteiger partial charge in [0.15, 0.2) is 0 Å². The molecule has 2 fully saturated rings. The molecule has 6 heteroatoms. The molecule has 2 saturated heterocycles. The Hall–Kier alpha value is -0.980. The molecule has 0 aromatic carbocycles. The van der Waals surface area contributed by atoms with Crippen LogP contribution in [-0.4, -0.2) is 48.5 Å². The van der Waals surface area contributed by atoms with Gasteiger partial charge >= 0.3 is 0 Å². The van der Waals surface area contributed by atoms with Crippen LogP contribution in [0.15, 0.2) is 22.8 Å².